The van der Waals surface area contributed by atoms with E-state index in [-0.39, 0.29) is 11.4 Å². The van der Waals surface area contributed by atoms with Gasteiger partial charge in [-0.2, -0.15) is 0 Å². The van der Waals surface area contributed by atoms with Gasteiger partial charge in [0.25, 0.3) is 0 Å². The van der Waals surface area contributed by atoms with Gasteiger partial charge in [0.1, 0.15) is 5.60 Å². The van der Waals surface area contributed by atoms with Crippen LogP contribution in [0.2, 0.25) is 0 Å². The molecule has 1 aromatic rings. The predicted molar refractivity (Wildman–Crippen MR) is 74.8 cm³/mol. The Hall–Kier alpha value is -1.57. The van der Waals surface area contributed by atoms with Gasteiger partial charge in [0, 0.05) is 0 Å². The van der Waals surface area contributed by atoms with E-state index in [0.717, 1.165) is 0 Å². The van der Waals surface area contributed by atoms with Crippen molar-refractivity contribution in [3.63, 3.8) is 0 Å². The van der Waals surface area contributed by atoms with E-state index in [1.165, 1.54) is 5.56 Å². The summed E-state index contributed by atoms with van der Waals surface area (Å²) in [5.41, 5.74) is 1.21. The minimum atomic E-state index is -0.639. The van der Waals surface area contributed by atoms with Crippen LogP contribution in [0.1, 0.15) is 50.5 Å². The van der Waals surface area contributed by atoms with Crippen LogP contribution < -0.4 is 0 Å². The SMILES string of the molecule is C=CC(C)(C)OC(=O)c1ccc(C(C)(C)C)cc1. The van der Waals surface area contributed by atoms with Crippen LogP contribution in [0.15, 0.2) is 36.9 Å². The van der Waals surface area contributed by atoms with Crippen molar-refractivity contribution in [1.29, 1.82) is 0 Å². The zero-order valence-electron chi connectivity index (χ0n) is 11.9. The summed E-state index contributed by atoms with van der Waals surface area (Å²) in [4.78, 5) is 11.9. The summed E-state index contributed by atoms with van der Waals surface area (Å²) in [5, 5.41) is 0. The van der Waals surface area contributed by atoms with Gasteiger partial charge in [0.05, 0.1) is 5.56 Å². The maximum atomic E-state index is 11.9. The van der Waals surface area contributed by atoms with Gasteiger partial charge in [-0.05, 0) is 43.0 Å². The second-order valence-corrected chi connectivity index (χ2v) is 6.02. The van der Waals surface area contributed by atoms with E-state index in [9.17, 15) is 4.79 Å². The standard InChI is InChI=1S/C16H22O2/c1-7-16(5,6)18-14(17)12-8-10-13(11-9-12)15(2,3)4/h7-11H,1H2,2-6H3. The highest BCUT2D eigenvalue weighted by Gasteiger charge is 2.20. The molecule has 0 aliphatic heterocycles. The van der Waals surface area contributed by atoms with Gasteiger partial charge in [0.2, 0.25) is 0 Å². The molecule has 0 fully saturated rings. The lowest BCUT2D eigenvalue weighted by Crippen LogP contribution is -2.25. The Balaban J connectivity index is 2.86. The second kappa shape index (κ2) is 4.97. The maximum absolute atomic E-state index is 11.9. The highest BCUT2D eigenvalue weighted by atomic mass is 16.6. The Morgan fingerprint density at radius 2 is 1.61 bits per heavy atom. The normalized spacial score (nSPS) is 12.1. The van der Waals surface area contributed by atoms with Crippen LogP contribution in [0, 0.1) is 0 Å². The third-order valence-electron chi connectivity index (χ3n) is 2.83. The molecule has 2 nitrogen and oxygen atoms in total. The van der Waals surface area contributed by atoms with Crippen LogP contribution in [-0.4, -0.2) is 11.6 Å². The molecule has 0 atom stereocenters. The van der Waals surface area contributed by atoms with Gasteiger partial charge < -0.3 is 4.74 Å². The Morgan fingerprint density at radius 1 is 1.11 bits per heavy atom. The van der Waals surface area contributed by atoms with E-state index in [1.54, 1.807) is 19.9 Å². The third kappa shape index (κ3) is 3.73. The van der Waals surface area contributed by atoms with Crippen LogP contribution in [0.4, 0.5) is 0 Å². The largest absolute Gasteiger partial charge is 0.452 e. The van der Waals surface area contributed by atoms with Crippen molar-refractivity contribution in [3.05, 3.63) is 48.0 Å². The van der Waals surface area contributed by atoms with E-state index in [2.05, 4.69) is 27.4 Å². The van der Waals surface area contributed by atoms with Crippen molar-refractivity contribution < 1.29 is 9.53 Å². The quantitative estimate of drug-likeness (QED) is 0.592. The minimum Gasteiger partial charge on any atom is -0.452 e. The first kappa shape index (κ1) is 14.5. The molecule has 18 heavy (non-hydrogen) atoms. The van der Waals surface area contributed by atoms with E-state index in [0.29, 0.717) is 5.56 Å². The van der Waals surface area contributed by atoms with Crippen molar-refractivity contribution in [2.75, 3.05) is 0 Å². The second-order valence-electron chi connectivity index (χ2n) is 6.02. The van der Waals surface area contributed by atoms with Crippen molar-refractivity contribution in [1.82, 2.24) is 0 Å². The van der Waals surface area contributed by atoms with Gasteiger partial charge in [-0.25, -0.2) is 4.79 Å². The number of hydrogen-bond acceptors (Lipinski definition) is 2. The molecule has 0 aromatic heterocycles. The third-order valence-corrected chi connectivity index (χ3v) is 2.83. The van der Waals surface area contributed by atoms with Crippen LogP contribution in [-0.2, 0) is 10.2 Å². The zero-order valence-corrected chi connectivity index (χ0v) is 11.9. The molecule has 0 N–H and O–H groups in total. The Bertz CT molecular complexity index is 433. The van der Waals surface area contributed by atoms with Gasteiger partial charge in [-0.3, -0.25) is 0 Å². The minimum absolute atomic E-state index is 0.0861. The lowest BCUT2D eigenvalue weighted by molar-refractivity contribution is 0.0174. The Kier molecular flexibility index (Phi) is 4.00. The molecule has 0 amide bonds. The van der Waals surface area contributed by atoms with Crippen molar-refractivity contribution in [2.45, 2.75) is 45.6 Å². The first-order valence-electron chi connectivity index (χ1n) is 6.13. The highest BCUT2D eigenvalue weighted by Crippen LogP contribution is 2.23. The molecule has 0 bridgehead atoms. The smallest absolute Gasteiger partial charge is 0.338 e. The highest BCUT2D eigenvalue weighted by molar-refractivity contribution is 5.89. The zero-order chi connectivity index (χ0) is 14.0. The Labute approximate surface area is 110 Å². The molecule has 98 valence electrons. The van der Waals surface area contributed by atoms with Crippen LogP contribution >= 0.6 is 0 Å². The summed E-state index contributed by atoms with van der Waals surface area (Å²) in [6, 6.07) is 7.55. The number of rotatable bonds is 3. The average Bonchev–Trinajstić information content (AvgIpc) is 2.27. The summed E-state index contributed by atoms with van der Waals surface area (Å²) >= 11 is 0. The molecule has 0 saturated heterocycles. The molecule has 0 unspecified atom stereocenters. The number of ether oxygens (including phenoxy) is 1. The van der Waals surface area contributed by atoms with Crippen LogP contribution in [0.25, 0.3) is 0 Å². The van der Waals surface area contributed by atoms with Crippen molar-refractivity contribution in [3.8, 4) is 0 Å². The fourth-order valence-corrected chi connectivity index (χ4v) is 1.45. The van der Waals surface area contributed by atoms with E-state index < -0.39 is 5.60 Å². The van der Waals surface area contributed by atoms with Crippen molar-refractivity contribution in [2.24, 2.45) is 0 Å². The van der Waals surface area contributed by atoms with Gasteiger partial charge in [-0.1, -0.05) is 39.5 Å². The number of carbonyl (C=O) groups is 1. The molecule has 0 aliphatic carbocycles. The first-order valence-corrected chi connectivity index (χ1v) is 6.13. The summed E-state index contributed by atoms with van der Waals surface area (Å²) in [6.45, 7) is 13.7. The van der Waals surface area contributed by atoms with Gasteiger partial charge in [0.15, 0.2) is 0 Å². The number of carbonyl (C=O) groups excluding carboxylic acids is 1. The number of benzene rings is 1. The van der Waals surface area contributed by atoms with Crippen LogP contribution in [0.3, 0.4) is 0 Å². The molecular weight excluding hydrogens is 224 g/mol. The van der Waals surface area contributed by atoms with Gasteiger partial charge in [-0.15, -0.1) is 0 Å². The summed E-state index contributed by atoms with van der Waals surface area (Å²) in [5.74, 6) is -0.319. The summed E-state index contributed by atoms with van der Waals surface area (Å²) in [6.07, 6.45) is 1.62. The van der Waals surface area contributed by atoms with Crippen LogP contribution in [0.5, 0.6) is 0 Å². The molecule has 0 radical (unpaired) electrons. The monoisotopic (exact) mass is 246 g/mol. The molecule has 0 heterocycles. The van der Waals surface area contributed by atoms with Gasteiger partial charge >= 0.3 is 5.97 Å². The fourth-order valence-electron chi connectivity index (χ4n) is 1.45. The molecule has 1 rings (SSSR count). The summed E-state index contributed by atoms with van der Waals surface area (Å²) in [7, 11) is 0. The number of esters is 1. The molecule has 0 aliphatic rings. The molecular formula is C16H22O2. The predicted octanol–water partition coefficient (Wildman–Crippen LogP) is 4.11. The lowest BCUT2D eigenvalue weighted by atomic mass is 9.87. The van der Waals surface area contributed by atoms with Crippen molar-refractivity contribution >= 4 is 5.97 Å². The maximum Gasteiger partial charge on any atom is 0.338 e. The van der Waals surface area contributed by atoms with E-state index >= 15 is 0 Å². The summed E-state index contributed by atoms with van der Waals surface area (Å²) < 4.78 is 5.34. The molecule has 0 spiro atoms. The molecule has 1 aromatic carbocycles. The average molecular weight is 246 g/mol. The molecule has 2 heteroatoms. The van der Waals surface area contributed by atoms with E-state index in [4.69, 9.17) is 4.74 Å². The topological polar surface area (TPSA) is 26.3 Å². The van der Waals surface area contributed by atoms with E-state index in [1.807, 2.05) is 24.3 Å². The molecule has 0 saturated carbocycles. The fraction of sp³-hybridized carbons (Fsp3) is 0.438. The lowest BCUT2D eigenvalue weighted by Gasteiger charge is -2.22. The first-order chi connectivity index (χ1) is 8.15. The Morgan fingerprint density at radius 3 is 2.00 bits per heavy atom. The number of hydrogen-bond donors (Lipinski definition) is 0.